The highest BCUT2D eigenvalue weighted by Crippen LogP contribution is 2.33. The summed E-state index contributed by atoms with van der Waals surface area (Å²) in [7, 11) is 0. The number of anilines is 1. The lowest BCUT2D eigenvalue weighted by atomic mass is 10.2. The number of hydrogen-bond donors (Lipinski definition) is 1. The van der Waals surface area contributed by atoms with Crippen molar-refractivity contribution in [1.29, 1.82) is 0 Å². The Hall–Kier alpha value is -2.80. The van der Waals surface area contributed by atoms with Gasteiger partial charge in [-0.05, 0) is 29.5 Å². The van der Waals surface area contributed by atoms with Gasteiger partial charge in [0.2, 0.25) is 5.91 Å². The fourth-order valence-electron chi connectivity index (χ4n) is 2.64. The third kappa shape index (κ3) is 3.83. The van der Waals surface area contributed by atoms with Gasteiger partial charge in [-0.3, -0.25) is 19.3 Å². The fourth-order valence-corrected chi connectivity index (χ4v) is 3.66. The number of nitrogens with two attached hydrogens (primary N) is 1. The summed E-state index contributed by atoms with van der Waals surface area (Å²) in [4.78, 5) is 39.4. The first-order valence-electron chi connectivity index (χ1n) is 7.72. The van der Waals surface area contributed by atoms with E-state index in [0.29, 0.717) is 5.69 Å². The Morgan fingerprint density at radius 1 is 1.04 bits per heavy atom. The highest BCUT2D eigenvalue weighted by atomic mass is 32.2. The fraction of sp³-hybridized carbons (Fsp3) is 0.167. The molecule has 2 N–H and O–H groups in total. The van der Waals surface area contributed by atoms with Gasteiger partial charge in [-0.25, -0.2) is 0 Å². The number of nitrogens with zero attached hydrogens (tertiary/aromatic N) is 2. The van der Waals surface area contributed by atoms with Crippen LogP contribution in [0.5, 0.6) is 0 Å². The maximum atomic E-state index is 12.8. The van der Waals surface area contributed by atoms with Crippen molar-refractivity contribution in [2.75, 3.05) is 11.4 Å². The molecule has 0 bridgehead atoms. The quantitative estimate of drug-likeness (QED) is 0.859. The largest absolute Gasteiger partial charge is 0.368 e. The van der Waals surface area contributed by atoms with Gasteiger partial charge in [0.15, 0.2) is 5.37 Å². The third-order valence-corrected chi connectivity index (χ3v) is 4.89. The van der Waals surface area contributed by atoms with E-state index in [1.54, 1.807) is 29.2 Å². The van der Waals surface area contributed by atoms with Crippen molar-refractivity contribution < 1.29 is 14.4 Å². The van der Waals surface area contributed by atoms with Crippen LogP contribution in [0.4, 0.5) is 10.5 Å². The van der Waals surface area contributed by atoms with Gasteiger partial charge in [0.05, 0.1) is 13.1 Å². The summed E-state index contributed by atoms with van der Waals surface area (Å²) in [5, 5.41) is -1.13. The number of carbonyl (C=O) groups is 3. The molecule has 1 saturated heterocycles. The second kappa shape index (κ2) is 7.40. The molecule has 7 heteroatoms. The van der Waals surface area contributed by atoms with Crippen molar-refractivity contribution in [3.05, 3.63) is 66.2 Å². The highest BCUT2D eigenvalue weighted by Gasteiger charge is 2.43. The highest BCUT2D eigenvalue weighted by molar-refractivity contribution is 8.15. The molecule has 0 aliphatic carbocycles. The first-order chi connectivity index (χ1) is 12.1. The van der Waals surface area contributed by atoms with Crippen LogP contribution in [0, 0.1) is 0 Å². The van der Waals surface area contributed by atoms with E-state index in [0.717, 1.165) is 17.3 Å². The number of amides is 3. The van der Waals surface area contributed by atoms with Crippen LogP contribution in [0.3, 0.4) is 0 Å². The Bertz CT molecular complexity index is 783. The molecule has 0 radical (unpaired) electrons. The minimum Gasteiger partial charge on any atom is -0.368 e. The van der Waals surface area contributed by atoms with Gasteiger partial charge < -0.3 is 10.6 Å². The molecule has 25 heavy (non-hydrogen) atoms. The average molecular weight is 355 g/mol. The number of imide groups is 1. The predicted octanol–water partition coefficient (Wildman–Crippen LogP) is 2.20. The van der Waals surface area contributed by atoms with Crippen LogP contribution < -0.4 is 10.6 Å². The minimum absolute atomic E-state index is 0.139. The summed E-state index contributed by atoms with van der Waals surface area (Å²) >= 11 is 0.902. The van der Waals surface area contributed by atoms with E-state index in [2.05, 4.69) is 0 Å². The summed E-state index contributed by atoms with van der Waals surface area (Å²) in [6, 6.07) is 18.3. The van der Waals surface area contributed by atoms with E-state index in [1.807, 2.05) is 36.4 Å². The van der Waals surface area contributed by atoms with Crippen molar-refractivity contribution in [3.8, 4) is 0 Å². The van der Waals surface area contributed by atoms with Gasteiger partial charge in [0.25, 0.3) is 11.1 Å². The van der Waals surface area contributed by atoms with Crippen LogP contribution in [-0.4, -0.2) is 33.9 Å². The number of primary amides is 1. The summed E-state index contributed by atoms with van der Waals surface area (Å²) in [5.41, 5.74) is 6.87. The van der Waals surface area contributed by atoms with Crippen molar-refractivity contribution in [2.45, 2.75) is 11.9 Å². The van der Waals surface area contributed by atoms with Crippen LogP contribution in [-0.2, 0) is 16.1 Å². The predicted molar refractivity (Wildman–Crippen MR) is 96.7 cm³/mol. The molecule has 0 unspecified atom stereocenters. The standard InChI is InChI=1S/C18H17N3O3S/c19-15(22)12-20(14-9-5-2-6-10-14)17-16(23)21(18(24)25-17)11-13-7-3-1-4-8-13/h1-10,17H,11-12H2,(H2,19,22)/t17-/m1/s1. The molecule has 1 atom stereocenters. The summed E-state index contributed by atoms with van der Waals surface area (Å²) in [6.45, 7) is 0.0705. The van der Waals surface area contributed by atoms with Crippen LogP contribution in [0.15, 0.2) is 60.7 Å². The molecule has 3 rings (SSSR count). The SMILES string of the molecule is NC(=O)CN(c1ccccc1)[C@@H]1SC(=O)N(Cc2ccccc2)C1=O. The Kier molecular flexibility index (Phi) is 5.04. The van der Waals surface area contributed by atoms with Crippen LogP contribution >= 0.6 is 11.8 Å². The number of rotatable bonds is 6. The van der Waals surface area contributed by atoms with Gasteiger partial charge in [0, 0.05) is 5.69 Å². The Morgan fingerprint density at radius 2 is 1.64 bits per heavy atom. The zero-order valence-corrected chi connectivity index (χ0v) is 14.2. The Labute approximate surface area is 149 Å². The molecule has 6 nitrogen and oxygen atoms in total. The Morgan fingerprint density at radius 3 is 2.24 bits per heavy atom. The van der Waals surface area contributed by atoms with Gasteiger partial charge in [-0.1, -0.05) is 48.5 Å². The first kappa shape index (κ1) is 17.0. The first-order valence-corrected chi connectivity index (χ1v) is 8.60. The lowest BCUT2D eigenvalue weighted by molar-refractivity contribution is -0.127. The molecule has 3 amide bonds. The van der Waals surface area contributed by atoms with Crippen molar-refractivity contribution in [1.82, 2.24) is 4.90 Å². The zero-order valence-electron chi connectivity index (χ0n) is 13.4. The van der Waals surface area contributed by atoms with E-state index in [1.165, 1.54) is 4.90 Å². The van der Waals surface area contributed by atoms with Crippen molar-refractivity contribution in [2.24, 2.45) is 5.73 Å². The summed E-state index contributed by atoms with van der Waals surface area (Å²) in [6.07, 6.45) is 0. The van der Waals surface area contributed by atoms with Gasteiger partial charge in [-0.2, -0.15) is 0 Å². The zero-order chi connectivity index (χ0) is 17.8. The number of carbonyl (C=O) groups excluding carboxylic acids is 3. The lowest BCUT2D eigenvalue weighted by Gasteiger charge is -2.27. The average Bonchev–Trinajstić information content (AvgIpc) is 2.89. The molecule has 1 heterocycles. The molecule has 2 aromatic rings. The van der Waals surface area contributed by atoms with Crippen molar-refractivity contribution in [3.63, 3.8) is 0 Å². The molecule has 1 aliphatic heterocycles. The second-order valence-corrected chi connectivity index (χ2v) is 6.61. The Balaban J connectivity index is 1.84. The summed E-state index contributed by atoms with van der Waals surface area (Å²) in [5.74, 6) is -0.907. The van der Waals surface area contributed by atoms with E-state index in [9.17, 15) is 14.4 Å². The van der Waals surface area contributed by atoms with Crippen LogP contribution in [0.2, 0.25) is 0 Å². The van der Waals surface area contributed by atoms with Gasteiger partial charge in [0.1, 0.15) is 0 Å². The van der Waals surface area contributed by atoms with Crippen LogP contribution in [0.25, 0.3) is 0 Å². The maximum absolute atomic E-state index is 12.8. The number of hydrogen-bond acceptors (Lipinski definition) is 5. The second-order valence-electron chi connectivity index (χ2n) is 5.58. The normalized spacial score (nSPS) is 17.0. The van der Waals surface area contributed by atoms with E-state index >= 15 is 0 Å². The third-order valence-electron chi connectivity index (χ3n) is 3.79. The monoisotopic (exact) mass is 355 g/mol. The number of benzene rings is 2. The molecule has 1 fully saturated rings. The maximum Gasteiger partial charge on any atom is 0.291 e. The van der Waals surface area contributed by atoms with E-state index in [-0.39, 0.29) is 24.2 Å². The lowest BCUT2D eigenvalue weighted by Crippen LogP contribution is -2.45. The molecule has 0 saturated carbocycles. The molecule has 1 aliphatic rings. The minimum atomic E-state index is -0.800. The van der Waals surface area contributed by atoms with Gasteiger partial charge in [-0.15, -0.1) is 0 Å². The molecule has 0 aromatic heterocycles. The van der Waals surface area contributed by atoms with Crippen LogP contribution in [0.1, 0.15) is 5.56 Å². The summed E-state index contributed by atoms with van der Waals surface area (Å²) < 4.78 is 0. The van der Waals surface area contributed by atoms with E-state index < -0.39 is 11.3 Å². The molecule has 128 valence electrons. The molecule has 0 spiro atoms. The number of para-hydroxylation sites is 1. The molecule has 2 aromatic carbocycles. The smallest absolute Gasteiger partial charge is 0.291 e. The molecular formula is C18H17N3O3S. The number of thioether (sulfide) groups is 1. The van der Waals surface area contributed by atoms with Crippen molar-refractivity contribution >= 4 is 34.5 Å². The topological polar surface area (TPSA) is 83.7 Å². The van der Waals surface area contributed by atoms with E-state index in [4.69, 9.17) is 5.73 Å². The molecular weight excluding hydrogens is 338 g/mol. The van der Waals surface area contributed by atoms with Gasteiger partial charge >= 0.3 is 0 Å².